The van der Waals surface area contributed by atoms with E-state index in [1.165, 1.54) is 34.2 Å². The Morgan fingerprint density at radius 2 is 2.28 bits per heavy atom. The van der Waals surface area contributed by atoms with Crippen molar-refractivity contribution in [2.24, 2.45) is 0 Å². The van der Waals surface area contributed by atoms with Gasteiger partial charge < -0.3 is 10.3 Å². The lowest BCUT2D eigenvalue weighted by molar-refractivity contribution is -0.116. The number of pyridine rings is 1. The lowest BCUT2D eigenvalue weighted by Crippen LogP contribution is -2.26. The van der Waals surface area contributed by atoms with Gasteiger partial charge in [0.15, 0.2) is 0 Å². The van der Waals surface area contributed by atoms with E-state index < -0.39 is 0 Å². The Bertz CT molecular complexity index is 633. The quantitative estimate of drug-likeness (QED) is 0.826. The molecule has 2 aromatic rings. The zero-order valence-electron chi connectivity index (χ0n) is 9.58. The Balaban J connectivity index is 2.07. The molecule has 0 fully saturated rings. The van der Waals surface area contributed by atoms with Crippen molar-refractivity contribution in [1.82, 2.24) is 14.8 Å². The maximum Gasteiger partial charge on any atom is 0.251 e. The Kier molecular flexibility index (Phi) is 3.38. The van der Waals surface area contributed by atoms with Crippen LogP contribution in [0.15, 0.2) is 23.1 Å². The number of hydrogen-bond acceptors (Lipinski definition) is 6. The average molecular weight is 265 g/mol. The van der Waals surface area contributed by atoms with Crippen LogP contribution in [0.1, 0.15) is 5.01 Å². The minimum atomic E-state index is -0.348. The number of carbonyl (C=O) groups is 1. The van der Waals surface area contributed by atoms with Crippen molar-refractivity contribution in [3.8, 4) is 0 Å². The van der Waals surface area contributed by atoms with Crippen molar-refractivity contribution in [3.05, 3.63) is 33.7 Å². The largest absolute Gasteiger partial charge is 0.398 e. The van der Waals surface area contributed by atoms with Crippen molar-refractivity contribution in [1.29, 1.82) is 0 Å². The summed E-state index contributed by atoms with van der Waals surface area (Å²) in [4.78, 5) is 23.1. The van der Waals surface area contributed by atoms with Gasteiger partial charge in [-0.1, -0.05) is 11.3 Å². The highest BCUT2D eigenvalue weighted by molar-refractivity contribution is 7.15. The lowest BCUT2D eigenvalue weighted by Gasteiger charge is -2.05. The molecule has 2 rings (SSSR count). The summed E-state index contributed by atoms with van der Waals surface area (Å²) >= 11 is 1.27. The molecular formula is C10H11N5O2S. The molecule has 2 aromatic heterocycles. The van der Waals surface area contributed by atoms with Crippen LogP contribution in [0.5, 0.6) is 0 Å². The van der Waals surface area contributed by atoms with Gasteiger partial charge in [-0.2, -0.15) is 0 Å². The number of aryl methyl sites for hydroxylation is 1. The van der Waals surface area contributed by atoms with Crippen LogP contribution in [0.4, 0.5) is 10.8 Å². The van der Waals surface area contributed by atoms with E-state index in [1.807, 2.05) is 0 Å². The van der Waals surface area contributed by atoms with Crippen LogP contribution in [0, 0.1) is 6.92 Å². The summed E-state index contributed by atoms with van der Waals surface area (Å²) in [6, 6.07) is 2.81. The Hall–Kier alpha value is -2.22. The van der Waals surface area contributed by atoms with E-state index in [-0.39, 0.29) is 18.0 Å². The van der Waals surface area contributed by atoms with Gasteiger partial charge in [-0.15, -0.1) is 10.2 Å². The van der Waals surface area contributed by atoms with Gasteiger partial charge in [0.2, 0.25) is 11.0 Å². The van der Waals surface area contributed by atoms with Crippen molar-refractivity contribution >= 4 is 28.1 Å². The minimum Gasteiger partial charge on any atom is -0.398 e. The highest BCUT2D eigenvalue weighted by Gasteiger charge is 2.08. The summed E-state index contributed by atoms with van der Waals surface area (Å²) in [5.41, 5.74) is 5.69. The first-order chi connectivity index (χ1) is 8.54. The van der Waals surface area contributed by atoms with Crippen molar-refractivity contribution in [2.75, 3.05) is 11.1 Å². The molecule has 0 bridgehead atoms. The number of aromatic nitrogens is 3. The third kappa shape index (κ3) is 2.92. The molecule has 0 aromatic carbocycles. The van der Waals surface area contributed by atoms with Gasteiger partial charge in [0.1, 0.15) is 11.6 Å². The van der Waals surface area contributed by atoms with E-state index in [0.717, 1.165) is 5.01 Å². The molecule has 0 aliphatic carbocycles. The molecule has 3 N–H and O–H groups in total. The fraction of sp³-hybridized carbons (Fsp3) is 0.200. The van der Waals surface area contributed by atoms with Crippen LogP contribution in [0.25, 0.3) is 0 Å². The molecule has 0 atom stereocenters. The fourth-order valence-electron chi connectivity index (χ4n) is 1.33. The Labute approximate surface area is 106 Å². The van der Waals surface area contributed by atoms with Gasteiger partial charge in [0.05, 0.1) is 0 Å². The molecule has 0 unspecified atom stereocenters. The second-order valence-corrected chi connectivity index (χ2v) is 4.78. The zero-order valence-corrected chi connectivity index (χ0v) is 10.4. The number of rotatable bonds is 3. The second-order valence-electron chi connectivity index (χ2n) is 3.60. The standard InChI is InChI=1S/C10H11N5O2S/c1-6-13-14-10(18-6)12-8(16)5-15-4-7(11)2-3-9(15)17/h2-4H,5,11H2,1H3,(H,12,14,16). The fourth-order valence-corrected chi connectivity index (χ4v) is 1.94. The van der Waals surface area contributed by atoms with Gasteiger partial charge in [-0.05, 0) is 13.0 Å². The number of nitrogens with two attached hydrogens (primary N) is 1. The molecule has 94 valence electrons. The minimum absolute atomic E-state index is 0.109. The van der Waals surface area contributed by atoms with E-state index in [1.54, 1.807) is 6.92 Å². The van der Waals surface area contributed by atoms with Crippen LogP contribution in [0.3, 0.4) is 0 Å². The van der Waals surface area contributed by atoms with Gasteiger partial charge in [0.25, 0.3) is 5.56 Å². The van der Waals surface area contributed by atoms with Crippen LogP contribution in [-0.4, -0.2) is 20.7 Å². The maximum atomic E-state index is 11.7. The number of anilines is 2. The number of hydrogen-bond donors (Lipinski definition) is 2. The molecule has 18 heavy (non-hydrogen) atoms. The molecule has 2 heterocycles. The average Bonchev–Trinajstić information content (AvgIpc) is 2.69. The number of amides is 1. The molecule has 0 saturated heterocycles. The lowest BCUT2D eigenvalue weighted by atomic mass is 10.4. The highest BCUT2D eigenvalue weighted by atomic mass is 32.1. The molecule has 0 spiro atoms. The van der Waals surface area contributed by atoms with Gasteiger partial charge in [0, 0.05) is 18.0 Å². The molecule has 0 saturated carbocycles. The van der Waals surface area contributed by atoms with Gasteiger partial charge in [-0.3, -0.25) is 14.9 Å². The van der Waals surface area contributed by atoms with Crippen LogP contribution in [-0.2, 0) is 11.3 Å². The van der Waals surface area contributed by atoms with Crippen molar-refractivity contribution < 1.29 is 4.79 Å². The highest BCUT2D eigenvalue weighted by Crippen LogP contribution is 2.13. The number of nitrogen functional groups attached to an aromatic ring is 1. The first-order valence-electron chi connectivity index (χ1n) is 5.10. The van der Waals surface area contributed by atoms with Crippen LogP contribution >= 0.6 is 11.3 Å². The third-order valence-electron chi connectivity index (χ3n) is 2.09. The SMILES string of the molecule is Cc1nnc(NC(=O)Cn2cc(N)ccc2=O)s1. The van der Waals surface area contributed by atoms with E-state index in [4.69, 9.17) is 5.73 Å². The van der Waals surface area contributed by atoms with Gasteiger partial charge in [-0.25, -0.2) is 0 Å². The molecule has 7 nitrogen and oxygen atoms in total. The topological polar surface area (TPSA) is 103 Å². The normalized spacial score (nSPS) is 10.3. The van der Waals surface area contributed by atoms with Gasteiger partial charge >= 0.3 is 0 Å². The summed E-state index contributed by atoms with van der Waals surface area (Å²) in [6.45, 7) is 1.68. The molecule has 0 radical (unpaired) electrons. The number of carbonyl (C=O) groups excluding carboxylic acids is 1. The molecule has 0 aliphatic rings. The summed E-state index contributed by atoms with van der Waals surface area (Å²) in [5.74, 6) is -0.348. The summed E-state index contributed by atoms with van der Waals surface area (Å²) in [6.07, 6.45) is 1.42. The molecular weight excluding hydrogens is 254 g/mol. The van der Waals surface area contributed by atoms with E-state index in [0.29, 0.717) is 10.8 Å². The van der Waals surface area contributed by atoms with E-state index in [2.05, 4.69) is 15.5 Å². The van der Waals surface area contributed by atoms with Crippen molar-refractivity contribution in [3.63, 3.8) is 0 Å². The van der Waals surface area contributed by atoms with Crippen LogP contribution in [0.2, 0.25) is 0 Å². The van der Waals surface area contributed by atoms with E-state index in [9.17, 15) is 9.59 Å². The molecule has 8 heteroatoms. The summed E-state index contributed by atoms with van der Waals surface area (Å²) < 4.78 is 1.23. The first kappa shape index (κ1) is 12.2. The smallest absolute Gasteiger partial charge is 0.251 e. The predicted octanol–water partition coefficient (Wildman–Crippen LogP) is 0.229. The zero-order chi connectivity index (χ0) is 13.1. The second kappa shape index (κ2) is 4.96. The van der Waals surface area contributed by atoms with Crippen molar-refractivity contribution in [2.45, 2.75) is 13.5 Å². The molecule has 0 aliphatic heterocycles. The maximum absolute atomic E-state index is 11.7. The number of nitrogens with one attached hydrogen (secondary N) is 1. The number of nitrogens with zero attached hydrogens (tertiary/aromatic N) is 3. The first-order valence-corrected chi connectivity index (χ1v) is 5.92. The molecule has 1 amide bonds. The Morgan fingerprint density at radius 3 is 2.94 bits per heavy atom. The van der Waals surface area contributed by atoms with Crippen LogP contribution < -0.4 is 16.6 Å². The predicted molar refractivity (Wildman–Crippen MR) is 68.4 cm³/mol. The summed E-state index contributed by atoms with van der Waals surface area (Å²) in [5, 5.41) is 11.3. The third-order valence-corrected chi connectivity index (χ3v) is 2.85. The summed E-state index contributed by atoms with van der Waals surface area (Å²) in [7, 11) is 0. The monoisotopic (exact) mass is 265 g/mol. The van der Waals surface area contributed by atoms with E-state index >= 15 is 0 Å². The Morgan fingerprint density at radius 1 is 1.50 bits per heavy atom.